The van der Waals surface area contributed by atoms with Crippen LogP contribution in [-0.4, -0.2) is 96.7 Å². The Hall–Kier alpha value is -1.94. The van der Waals surface area contributed by atoms with Gasteiger partial charge in [-0.05, 0) is 43.4 Å². The summed E-state index contributed by atoms with van der Waals surface area (Å²) in [5, 5.41) is 10.6. The molecule has 99 heavy (non-hydrogen) atoms. The molecule has 588 valence electrons. The quantitative estimate of drug-likeness (QED) is 0.0222. The van der Waals surface area contributed by atoms with Gasteiger partial charge in [-0.1, -0.05) is 363 Å². The van der Waals surface area contributed by atoms with E-state index in [-0.39, 0.29) is 25.7 Å². The van der Waals surface area contributed by atoms with Crippen LogP contribution in [0.3, 0.4) is 0 Å². The molecule has 0 aliphatic heterocycles. The maximum atomic E-state index is 13.1. The normalized spacial score (nSPS) is 14.0. The van der Waals surface area contributed by atoms with E-state index < -0.39 is 97.5 Å². The van der Waals surface area contributed by atoms with Crippen molar-refractivity contribution in [3.63, 3.8) is 0 Å². The van der Waals surface area contributed by atoms with Gasteiger partial charge in [0.2, 0.25) is 0 Å². The van der Waals surface area contributed by atoms with Gasteiger partial charge in [-0.2, -0.15) is 0 Å². The van der Waals surface area contributed by atoms with Crippen molar-refractivity contribution in [1.29, 1.82) is 0 Å². The molecule has 19 heteroatoms. The Labute approximate surface area is 607 Å². The van der Waals surface area contributed by atoms with Gasteiger partial charge in [0.15, 0.2) is 12.2 Å². The standard InChI is InChI=1S/C80H156O17P2/c1-8-9-10-11-37-47-54-61-77(82)90-67-75(96-79(84)64-57-50-43-36-30-24-23-27-33-40-46-53-60-73(6)7)69-94-98(86,87)92-65-74(81)66-93-99(88,89)95-70-76(68-91-78(83)62-55-48-41-34-28-22-18-20-26-32-39-45-52-59-72(4)5)97-80(85)63-56-49-42-35-29-21-17-15-13-12-14-16-19-25-31-38-44-51-58-71(2)3/h71-76,81H,8-70H2,1-7H3,(H,86,87)(H,88,89)/t74-,75+,76+/m0/s1. The van der Waals surface area contributed by atoms with Crippen molar-refractivity contribution in [2.75, 3.05) is 39.6 Å². The fourth-order valence-electron chi connectivity index (χ4n) is 12.3. The van der Waals surface area contributed by atoms with E-state index in [0.29, 0.717) is 25.7 Å². The maximum absolute atomic E-state index is 13.1. The van der Waals surface area contributed by atoms with Crippen molar-refractivity contribution >= 4 is 39.5 Å². The number of carbonyl (C=O) groups is 4. The van der Waals surface area contributed by atoms with E-state index in [0.717, 1.165) is 120 Å². The van der Waals surface area contributed by atoms with Crippen LogP contribution in [0.1, 0.15) is 414 Å². The molecule has 0 aliphatic carbocycles. The number of phosphoric ester groups is 2. The average molecular weight is 1450 g/mol. The summed E-state index contributed by atoms with van der Waals surface area (Å²) in [4.78, 5) is 72.8. The van der Waals surface area contributed by atoms with Gasteiger partial charge in [0.25, 0.3) is 0 Å². The fraction of sp³-hybridized carbons (Fsp3) is 0.950. The number of ether oxygens (including phenoxy) is 4. The van der Waals surface area contributed by atoms with E-state index in [4.69, 9.17) is 37.0 Å². The molecule has 0 saturated carbocycles. The van der Waals surface area contributed by atoms with Crippen LogP contribution in [0.15, 0.2) is 0 Å². The number of hydrogen-bond acceptors (Lipinski definition) is 15. The second kappa shape index (κ2) is 70.4. The largest absolute Gasteiger partial charge is 0.472 e. The van der Waals surface area contributed by atoms with Gasteiger partial charge in [-0.25, -0.2) is 9.13 Å². The zero-order chi connectivity index (χ0) is 73.0. The number of rotatable bonds is 78. The summed E-state index contributed by atoms with van der Waals surface area (Å²) in [6.45, 7) is 12.0. The van der Waals surface area contributed by atoms with Gasteiger partial charge in [0.1, 0.15) is 19.3 Å². The molecule has 5 atom stereocenters. The summed E-state index contributed by atoms with van der Waals surface area (Å²) in [5.74, 6) is 0.272. The van der Waals surface area contributed by atoms with Gasteiger partial charge < -0.3 is 33.8 Å². The van der Waals surface area contributed by atoms with Gasteiger partial charge in [-0.3, -0.25) is 37.3 Å². The minimum atomic E-state index is -4.96. The third-order valence-electron chi connectivity index (χ3n) is 18.6. The first-order valence-electron chi connectivity index (χ1n) is 41.3. The Morgan fingerprint density at radius 2 is 0.465 bits per heavy atom. The van der Waals surface area contributed by atoms with Crippen LogP contribution < -0.4 is 0 Å². The Morgan fingerprint density at radius 1 is 0.273 bits per heavy atom. The molecule has 3 N–H and O–H groups in total. The van der Waals surface area contributed by atoms with Gasteiger partial charge in [-0.15, -0.1) is 0 Å². The number of esters is 4. The van der Waals surface area contributed by atoms with Crippen LogP contribution in [0.4, 0.5) is 0 Å². The lowest BCUT2D eigenvalue weighted by Gasteiger charge is -2.21. The Bertz CT molecular complexity index is 1920. The number of carbonyl (C=O) groups excluding carboxylic acids is 4. The molecule has 0 aromatic carbocycles. The summed E-state index contributed by atoms with van der Waals surface area (Å²) in [6, 6.07) is 0. The summed E-state index contributed by atoms with van der Waals surface area (Å²) in [7, 11) is -9.91. The van der Waals surface area contributed by atoms with Crippen molar-refractivity contribution in [3.05, 3.63) is 0 Å². The van der Waals surface area contributed by atoms with Crippen LogP contribution in [0.2, 0.25) is 0 Å². The first-order chi connectivity index (χ1) is 47.7. The number of hydrogen-bond donors (Lipinski definition) is 3. The molecule has 17 nitrogen and oxygen atoms in total. The average Bonchev–Trinajstić information content (AvgIpc) is 0.993. The van der Waals surface area contributed by atoms with E-state index in [1.165, 1.54) is 212 Å². The lowest BCUT2D eigenvalue weighted by atomic mass is 10.0. The van der Waals surface area contributed by atoms with Crippen molar-refractivity contribution in [2.45, 2.75) is 433 Å². The third kappa shape index (κ3) is 74.1. The SMILES string of the molecule is CCCCCCCCCC(=O)OC[C@H](COP(=O)(O)OC[C@H](O)COP(=O)(O)OC[C@@H](COC(=O)CCCCCCCCCCCCCCCC(C)C)OC(=O)CCCCCCCCCCCCCCCCCCCCC(C)C)OC(=O)CCCCCCCCCCCCCCC(C)C. The molecule has 0 bridgehead atoms. The highest BCUT2D eigenvalue weighted by Gasteiger charge is 2.30. The highest BCUT2D eigenvalue weighted by atomic mass is 31.2. The first kappa shape index (κ1) is 97.1. The minimum absolute atomic E-state index is 0.106. The number of aliphatic hydroxyl groups is 1. The molecule has 0 amide bonds. The topological polar surface area (TPSA) is 237 Å². The van der Waals surface area contributed by atoms with Crippen molar-refractivity contribution in [2.24, 2.45) is 17.8 Å². The molecule has 0 saturated heterocycles. The van der Waals surface area contributed by atoms with Crippen molar-refractivity contribution in [3.8, 4) is 0 Å². The second-order valence-corrected chi connectivity index (χ2v) is 33.1. The molecule has 0 aromatic heterocycles. The zero-order valence-corrected chi connectivity index (χ0v) is 66.8. The van der Waals surface area contributed by atoms with E-state index in [1.54, 1.807) is 0 Å². The third-order valence-corrected chi connectivity index (χ3v) is 20.5. The highest BCUT2D eigenvalue weighted by molar-refractivity contribution is 7.47. The molecular formula is C80H156O17P2. The number of aliphatic hydroxyl groups excluding tert-OH is 1. The summed E-state index contributed by atoms with van der Waals surface area (Å²) < 4.78 is 68.6. The molecular weight excluding hydrogens is 1290 g/mol. The highest BCUT2D eigenvalue weighted by Crippen LogP contribution is 2.45. The zero-order valence-electron chi connectivity index (χ0n) is 65.0. The summed E-state index contributed by atoms with van der Waals surface area (Å²) in [5.41, 5.74) is 0. The second-order valence-electron chi connectivity index (χ2n) is 30.2. The lowest BCUT2D eigenvalue weighted by Crippen LogP contribution is -2.30. The van der Waals surface area contributed by atoms with E-state index in [1.807, 2.05) is 0 Å². The molecule has 2 unspecified atom stereocenters. The monoisotopic (exact) mass is 1450 g/mol. The first-order valence-corrected chi connectivity index (χ1v) is 44.3. The Kier molecular flexibility index (Phi) is 69.0. The molecule has 0 rings (SSSR count). The van der Waals surface area contributed by atoms with Crippen LogP contribution in [0.5, 0.6) is 0 Å². The Morgan fingerprint density at radius 3 is 0.687 bits per heavy atom. The summed E-state index contributed by atoms with van der Waals surface area (Å²) >= 11 is 0. The predicted molar refractivity (Wildman–Crippen MR) is 405 cm³/mol. The van der Waals surface area contributed by atoms with Crippen molar-refractivity contribution < 1.29 is 80.2 Å². The van der Waals surface area contributed by atoms with E-state index in [2.05, 4.69) is 48.5 Å². The van der Waals surface area contributed by atoms with Gasteiger partial charge in [0, 0.05) is 25.7 Å². The van der Waals surface area contributed by atoms with E-state index >= 15 is 0 Å². The van der Waals surface area contributed by atoms with E-state index in [9.17, 15) is 43.2 Å². The smallest absolute Gasteiger partial charge is 0.462 e. The van der Waals surface area contributed by atoms with Gasteiger partial charge >= 0.3 is 39.5 Å². The predicted octanol–water partition coefficient (Wildman–Crippen LogP) is 23.7. The van der Waals surface area contributed by atoms with Gasteiger partial charge in [0.05, 0.1) is 26.4 Å². The molecule has 0 radical (unpaired) electrons. The molecule has 0 fully saturated rings. The van der Waals surface area contributed by atoms with Crippen LogP contribution in [0, 0.1) is 17.8 Å². The molecule has 0 heterocycles. The van der Waals surface area contributed by atoms with Crippen LogP contribution in [-0.2, 0) is 65.4 Å². The van der Waals surface area contributed by atoms with Crippen LogP contribution in [0.25, 0.3) is 0 Å². The molecule has 0 aliphatic rings. The maximum Gasteiger partial charge on any atom is 0.472 e. The minimum Gasteiger partial charge on any atom is -0.462 e. The van der Waals surface area contributed by atoms with Crippen LogP contribution >= 0.6 is 15.6 Å². The lowest BCUT2D eigenvalue weighted by molar-refractivity contribution is -0.161. The fourth-order valence-corrected chi connectivity index (χ4v) is 13.9. The Balaban J connectivity index is 5.17. The van der Waals surface area contributed by atoms with Crippen molar-refractivity contribution in [1.82, 2.24) is 0 Å². The number of phosphoric acid groups is 2. The molecule has 0 aromatic rings. The summed E-state index contributed by atoms with van der Waals surface area (Å²) in [6.07, 6.45) is 58.4. The number of unbranched alkanes of at least 4 members (excludes halogenated alkanes) is 46. The molecule has 0 spiro atoms.